The van der Waals surface area contributed by atoms with Crippen LogP contribution < -0.4 is 4.90 Å². The topological polar surface area (TPSA) is 20.3 Å². The van der Waals surface area contributed by atoms with Crippen molar-refractivity contribution in [3.63, 3.8) is 0 Å². The zero-order chi connectivity index (χ0) is 12.4. The molecule has 0 N–H and O–H groups in total. The van der Waals surface area contributed by atoms with Crippen molar-refractivity contribution in [1.82, 2.24) is 0 Å². The number of hydrogen-bond donors (Lipinski definition) is 0. The van der Waals surface area contributed by atoms with Crippen LogP contribution in [-0.4, -0.2) is 13.0 Å². The summed E-state index contributed by atoms with van der Waals surface area (Å²) in [6, 6.07) is 6.37. The SMILES string of the molecule is CCCCC(Br)c1ccc2c(c1)CC(=O)N2C. The molecular formula is C14H18BrNO. The number of benzene rings is 1. The van der Waals surface area contributed by atoms with E-state index in [4.69, 9.17) is 0 Å². The normalized spacial score (nSPS) is 16.2. The number of halogens is 1. The van der Waals surface area contributed by atoms with E-state index >= 15 is 0 Å². The van der Waals surface area contributed by atoms with E-state index in [0.717, 1.165) is 17.7 Å². The fourth-order valence-corrected chi connectivity index (χ4v) is 2.84. The first-order valence-electron chi connectivity index (χ1n) is 6.17. The van der Waals surface area contributed by atoms with Gasteiger partial charge in [0.05, 0.1) is 6.42 Å². The van der Waals surface area contributed by atoms with Gasteiger partial charge in [0.2, 0.25) is 5.91 Å². The second-order valence-electron chi connectivity index (χ2n) is 4.63. The highest BCUT2D eigenvalue weighted by Gasteiger charge is 2.24. The van der Waals surface area contributed by atoms with Crippen molar-refractivity contribution in [3.05, 3.63) is 29.3 Å². The average molecular weight is 296 g/mol. The highest BCUT2D eigenvalue weighted by molar-refractivity contribution is 9.09. The van der Waals surface area contributed by atoms with Gasteiger partial charge in [0.25, 0.3) is 0 Å². The van der Waals surface area contributed by atoms with E-state index in [2.05, 4.69) is 41.1 Å². The summed E-state index contributed by atoms with van der Waals surface area (Å²) in [6.07, 6.45) is 4.15. The summed E-state index contributed by atoms with van der Waals surface area (Å²) in [7, 11) is 1.84. The third-order valence-corrected chi connectivity index (χ3v) is 4.34. The summed E-state index contributed by atoms with van der Waals surface area (Å²) in [5.74, 6) is 0.192. The minimum absolute atomic E-state index is 0.192. The van der Waals surface area contributed by atoms with E-state index in [1.54, 1.807) is 4.90 Å². The number of amides is 1. The van der Waals surface area contributed by atoms with Crippen LogP contribution >= 0.6 is 15.9 Å². The highest BCUT2D eigenvalue weighted by atomic mass is 79.9. The first-order chi connectivity index (χ1) is 8.13. The van der Waals surface area contributed by atoms with Crippen LogP contribution in [0.2, 0.25) is 0 Å². The van der Waals surface area contributed by atoms with Gasteiger partial charge in [0.1, 0.15) is 0 Å². The number of carbonyl (C=O) groups excluding carboxylic acids is 1. The summed E-state index contributed by atoms with van der Waals surface area (Å²) in [5.41, 5.74) is 3.52. The van der Waals surface area contributed by atoms with Crippen molar-refractivity contribution in [2.75, 3.05) is 11.9 Å². The third-order valence-electron chi connectivity index (χ3n) is 3.35. The standard InChI is InChI=1S/C14H18BrNO/c1-3-4-5-12(15)10-6-7-13-11(8-10)9-14(17)16(13)2/h6-8,12H,3-5,9H2,1-2H3. The van der Waals surface area contributed by atoms with Gasteiger partial charge in [0, 0.05) is 17.6 Å². The second-order valence-corrected chi connectivity index (χ2v) is 5.73. The highest BCUT2D eigenvalue weighted by Crippen LogP contribution is 2.34. The molecule has 1 aliphatic rings. The number of hydrogen-bond acceptors (Lipinski definition) is 1. The summed E-state index contributed by atoms with van der Waals surface area (Å²) >= 11 is 3.73. The Kier molecular flexibility index (Phi) is 3.87. The van der Waals surface area contributed by atoms with Gasteiger partial charge >= 0.3 is 0 Å². The summed E-state index contributed by atoms with van der Waals surface area (Å²) in [4.78, 5) is 13.8. The Balaban J connectivity index is 2.18. The van der Waals surface area contributed by atoms with E-state index < -0.39 is 0 Å². The van der Waals surface area contributed by atoms with Crippen molar-refractivity contribution < 1.29 is 4.79 Å². The maximum atomic E-state index is 11.6. The lowest BCUT2D eigenvalue weighted by molar-refractivity contribution is -0.117. The monoisotopic (exact) mass is 295 g/mol. The molecule has 1 heterocycles. The third kappa shape index (κ3) is 2.54. The van der Waals surface area contributed by atoms with Gasteiger partial charge in [-0.25, -0.2) is 0 Å². The number of rotatable bonds is 4. The van der Waals surface area contributed by atoms with E-state index in [1.807, 2.05) is 7.05 Å². The minimum atomic E-state index is 0.192. The largest absolute Gasteiger partial charge is 0.315 e. The molecule has 2 nitrogen and oxygen atoms in total. The van der Waals surface area contributed by atoms with Gasteiger partial charge in [-0.2, -0.15) is 0 Å². The Morgan fingerprint density at radius 2 is 2.24 bits per heavy atom. The lowest BCUT2D eigenvalue weighted by Gasteiger charge is -2.13. The maximum Gasteiger partial charge on any atom is 0.231 e. The molecule has 0 aliphatic carbocycles. The molecule has 3 heteroatoms. The Hall–Kier alpha value is -0.830. The van der Waals surface area contributed by atoms with Gasteiger partial charge in [-0.1, -0.05) is 47.8 Å². The van der Waals surface area contributed by atoms with Crippen LogP contribution in [0, 0.1) is 0 Å². The van der Waals surface area contributed by atoms with Crippen molar-refractivity contribution in [2.45, 2.75) is 37.4 Å². The predicted octanol–water partition coefficient (Wildman–Crippen LogP) is 3.83. The Labute approximate surface area is 111 Å². The molecule has 2 rings (SSSR count). The van der Waals surface area contributed by atoms with Gasteiger partial charge in [-0.15, -0.1) is 0 Å². The molecule has 0 radical (unpaired) electrons. The molecule has 1 unspecified atom stereocenters. The lowest BCUT2D eigenvalue weighted by atomic mass is 10.0. The number of nitrogens with zero attached hydrogens (tertiary/aromatic N) is 1. The Morgan fingerprint density at radius 3 is 2.94 bits per heavy atom. The molecule has 17 heavy (non-hydrogen) atoms. The summed E-state index contributed by atoms with van der Waals surface area (Å²) < 4.78 is 0. The summed E-state index contributed by atoms with van der Waals surface area (Å²) in [6.45, 7) is 2.20. The first kappa shape index (κ1) is 12.6. The number of carbonyl (C=O) groups is 1. The Bertz CT molecular complexity index is 430. The van der Waals surface area contributed by atoms with Crippen LogP contribution in [0.25, 0.3) is 0 Å². The number of unbranched alkanes of at least 4 members (excludes halogenated alkanes) is 1. The van der Waals surface area contributed by atoms with E-state index in [-0.39, 0.29) is 5.91 Å². The molecule has 0 saturated heterocycles. The average Bonchev–Trinajstić information content (AvgIpc) is 2.61. The van der Waals surface area contributed by atoms with Crippen LogP contribution in [-0.2, 0) is 11.2 Å². The molecule has 1 aliphatic heterocycles. The minimum Gasteiger partial charge on any atom is -0.315 e. The van der Waals surface area contributed by atoms with E-state index in [0.29, 0.717) is 11.2 Å². The number of alkyl halides is 1. The molecule has 0 fully saturated rings. The molecular weight excluding hydrogens is 278 g/mol. The fourth-order valence-electron chi connectivity index (χ4n) is 2.23. The fraction of sp³-hybridized carbons (Fsp3) is 0.500. The van der Waals surface area contributed by atoms with Crippen LogP contribution in [0.4, 0.5) is 5.69 Å². The van der Waals surface area contributed by atoms with Crippen molar-refractivity contribution in [1.29, 1.82) is 0 Å². The van der Waals surface area contributed by atoms with E-state index in [1.165, 1.54) is 18.4 Å². The molecule has 0 saturated carbocycles. The van der Waals surface area contributed by atoms with Gasteiger partial charge in [-0.05, 0) is 23.6 Å². The Morgan fingerprint density at radius 1 is 1.47 bits per heavy atom. The number of anilines is 1. The van der Waals surface area contributed by atoms with Crippen LogP contribution in [0.15, 0.2) is 18.2 Å². The smallest absolute Gasteiger partial charge is 0.231 e. The van der Waals surface area contributed by atoms with Gasteiger partial charge < -0.3 is 4.90 Å². The maximum absolute atomic E-state index is 11.6. The zero-order valence-corrected chi connectivity index (χ0v) is 12.0. The van der Waals surface area contributed by atoms with Crippen LogP contribution in [0.3, 0.4) is 0 Å². The second kappa shape index (κ2) is 5.21. The zero-order valence-electron chi connectivity index (χ0n) is 10.4. The van der Waals surface area contributed by atoms with Crippen molar-refractivity contribution in [2.24, 2.45) is 0 Å². The van der Waals surface area contributed by atoms with E-state index in [9.17, 15) is 4.79 Å². The molecule has 1 atom stereocenters. The first-order valence-corrected chi connectivity index (χ1v) is 7.08. The molecule has 1 aromatic rings. The van der Waals surface area contributed by atoms with Gasteiger partial charge in [-0.3, -0.25) is 4.79 Å². The number of likely N-dealkylation sites (N-methyl/N-ethyl adjacent to an activating group) is 1. The number of fused-ring (bicyclic) bond motifs is 1. The van der Waals surface area contributed by atoms with Crippen LogP contribution in [0.5, 0.6) is 0 Å². The molecule has 1 aromatic carbocycles. The lowest BCUT2D eigenvalue weighted by Crippen LogP contribution is -2.20. The molecule has 0 spiro atoms. The van der Waals surface area contributed by atoms with Crippen molar-refractivity contribution in [3.8, 4) is 0 Å². The summed E-state index contributed by atoms with van der Waals surface area (Å²) in [5, 5.41) is 0. The predicted molar refractivity (Wildman–Crippen MR) is 74.7 cm³/mol. The molecule has 1 amide bonds. The molecule has 0 bridgehead atoms. The van der Waals surface area contributed by atoms with Crippen molar-refractivity contribution >= 4 is 27.5 Å². The molecule has 92 valence electrons. The molecule has 0 aromatic heterocycles. The van der Waals surface area contributed by atoms with Gasteiger partial charge in [0.15, 0.2) is 0 Å². The quantitative estimate of drug-likeness (QED) is 0.773. The van der Waals surface area contributed by atoms with Crippen LogP contribution in [0.1, 0.15) is 42.1 Å².